The van der Waals surface area contributed by atoms with E-state index in [-0.39, 0.29) is 25.0 Å². The molecule has 0 radical (unpaired) electrons. The molecule has 0 unspecified atom stereocenters. The Bertz CT molecular complexity index is 659. The number of benzene rings is 2. The summed E-state index contributed by atoms with van der Waals surface area (Å²) in [5.41, 5.74) is 2.50. The molecule has 20 heavy (non-hydrogen) atoms. The maximum Gasteiger partial charge on any atom is 0.261 e. The van der Waals surface area contributed by atoms with Crippen molar-refractivity contribution in [1.82, 2.24) is 4.90 Å². The first-order valence-electron chi connectivity index (χ1n) is 6.34. The molecule has 1 N–H and O–H groups in total. The van der Waals surface area contributed by atoms with E-state index in [1.165, 1.54) is 4.90 Å². The van der Waals surface area contributed by atoms with Gasteiger partial charge in [0.25, 0.3) is 11.8 Å². The number of hydrogen-bond acceptors (Lipinski definition) is 3. The van der Waals surface area contributed by atoms with Gasteiger partial charge in [-0.25, -0.2) is 0 Å². The molecule has 1 aliphatic heterocycles. The summed E-state index contributed by atoms with van der Waals surface area (Å²) in [6, 6.07) is 14.1. The minimum Gasteiger partial charge on any atom is -0.392 e. The molecule has 1 heterocycles. The molecule has 0 fully saturated rings. The number of carbonyl (C=O) groups excluding carboxylic acids is 2. The van der Waals surface area contributed by atoms with E-state index in [4.69, 9.17) is 5.11 Å². The van der Waals surface area contributed by atoms with E-state index in [2.05, 4.69) is 0 Å². The zero-order valence-corrected chi connectivity index (χ0v) is 10.7. The summed E-state index contributed by atoms with van der Waals surface area (Å²) in [6.07, 6.45) is 0. The van der Waals surface area contributed by atoms with Crippen LogP contribution in [0.4, 0.5) is 0 Å². The van der Waals surface area contributed by atoms with Crippen LogP contribution in [0, 0.1) is 0 Å². The molecule has 0 atom stereocenters. The second kappa shape index (κ2) is 4.90. The van der Waals surface area contributed by atoms with Gasteiger partial charge in [0.1, 0.15) is 0 Å². The van der Waals surface area contributed by atoms with Crippen LogP contribution in [-0.2, 0) is 13.2 Å². The van der Waals surface area contributed by atoms with Gasteiger partial charge in [-0.3, -0.25) is 14.5 Å². The van der Waals surface area contributed by atoms with Crippen LogP contribution in [0.15, 0.2) is 48.5 Å². The van der Waals surface area contributed by atoms with Gasteiger partial charge in [-0.2, -0.15) is 0 Å². The Hall–Kier alpha value is -2.46. The molecule has 0 spiro atoms. The number of amides is 2. The Morgan fingerprint density at radius 3 is 2.05 bits per heavy atom. The van der Waals surface area contributed by atoms with Crippen LogP contribution in [0.25, 0.3) is 0 Å². The highest BCUT2D eigenvalue weighted by Gasteiger charge is 2.34. The van der Waals surface area contributed by atoms with Crippen molar-refractivity contribution in [2.45, 2.75) is 13.2 Å². The second-order valence-corrected chi connectivity index (χ2v) is 4.72. The summed E-state index contributed by atoms with van der Waals surface area (Å²) in [5.74, 6) is -0.528. The number of aliphatic hydroxyl groups excluding tert-OH is 1. The van der Waals surface area contributed by atoms with E-state index in [1.54, 1.807) is 42.5 Å². The molecule has 0 saturated heterocycles. The van der Waals surface area contributed by atoms with Crippen molar-refractivity contribution < 1.29 is 14.7 Å². The quantitative estimate of drug-likeness (QED) is 0.865. The molecular formula is C16H13NO3. The molecule has 3 rings (SSSR count). The van der Waals surface area contributed by atoms with Crippen molar-refractivity contribution in [1.29, 1.82) is 0 Å². The number of nitrogens with zero attached hydrogens (tertiary/aromatic N) is 1. The zero-order valence-electron chi connectivity index (χ0n) is 10.7. The fraction of sp³-hybridized carbons (Fsp3) is 0.125. The van der Waals surface area contributed by atoms with E-state index in [9.17, 15) is 9.59 Å². The van der Waals surface area contributed by atoms with Crippen LogP contribution in [0.2, 0.25) is 0 Å². The predicted octanol–water partition coefficient (Wildman–Crippen LogP) is 1.98. The smallest absolute Gasteiger partial charge is 0.261 e. The summed E-state index contributed by atoms with van der Waals surface area (Å²) >= 11 is 0. The number of hydrogen-bond donors (Lipinski definition) is 1. The summed E-state index contributed by atoms with van der Waals surface area (Å²) in [5, 5.41) is 9.12. The molecule has 2 aromatic carbocycles. The van der Waals surface area contributed by atoms with Crippen LogP contribution in [0.3, 0.4) is 0 Å². The summed E-state index contributed by atoms with van der Waals surface area (Å²) in [4.78, 5) is 25.7. The monoisotopic (exact) mass is 267 g/mol. The van der Waals surface area contributed by atoms with E-state index >= 15 is 0 Å². The van der Waals surface area contributed by atoms with Crippen LogP contribution in [0.1, 0.15) is 31.8 Å². The third kappa shape index (κ3) is 2.00. The van der Waals surface area contributed by atoms with Gasteiger partial charge in [0.2, 0.25) is 0 Å². The number of carbonyl (C=O) groups is 2. The van der Waals surface area contributed by atoms with Gasteiger partial charge in [0.15, 0.2) is 0 Å². The van der Waals surface area contributed by atoms with Gasteiger partial charge in [-0.1, -0.05) is 36.4 Å². The Morgan fingerprint density at radius 1 is 0.850 bits per heavy atom. The number of rotatable bonds is 3. The molecule has 2 amide bonds. The minimum atomic E-state index is -0.264. The summed E-state index contributed by atoms with van der Waals surface area (Å²) in [7, 11) is 0. The van der Waals surface area contributed by atoms with Crippen molar-refractivity contribution in [3.8, 4) is 0 Å². The molecule has 4 heteroatoms. The predicted molar refractivity (Wildman–Crippen MR) is 73.0 cm³/mol. The first-order valence-corrected chi connectivity index (χ1v) is 6.34. The first kappa shape index (κ1) is 12.6. The van der Waals surface area contributed by atoms with Gasteiger partial charge >= 0.3 is 0 Å². The van der Waals surface area contributed by atoms with Crippen molar-refractivity contribution in [2.24, 2.45) is 0 Å². The molecule has 4 nitrogen and oxygen atoms in total. The van der Waals surface area contributed by atoms with Crippen LogP contribution < -0.4 is 0 Å². The van der Waals surface area contributed by atoms with Crippen molar-refractivity contribution in [3.05, 3.63) is 70.8 Å². The SMILES string of the molecule is O=C1c2ccccc2C(=O)N1Cc1cccc(CO)c1. The molecule has 1 aliphatic rings. The Kier molecular flexibility index (Phi) is 3.08. The molecular weight excluding hydrogens is 254 g/mol. The topological polar surface area (TPSA) is 57.6 Å². The van der Waals surface area contributed by atoms with Crippen LogP contribution in [-0.4, -0.2) is 21.8 Å². The fourth-order valence-electron chi connectivity index (χ4n) is 2.39. The van der Waals surface area contributed by atoms with Gasteiger partial charge in [0.05, 0.1) is 24.3 Å². The van der Waals surface area contributed by atoms with Gasteiger partial charge < -0.3 is 5.11 Å². The van der Waals surface area contributed by atoms with Crippen molar-refractivity contribution >= 4 is 11.8 Å². The van der Waals surface area contributed by atoms with Crippen molar-refractivity contribution in [2.75, 3.05) is 0 Å². The number of aliphatic hydroxyl groups is 1. The minimum absolute atomic E-state index is 0.0596. The normalized spacial score (nSPS) is 13.8. The lowest BCUT2D eigenvalue weighted by Crippen LogP contribution is -2.29. The van der Waals surface area contributed by atoms with Gasteiger partial charge in [-0.15, -0.1) is 0 Å². The first-order chi connectivity index (χ1) is 9.70. The zero-order chi connectivity index (χ0) is 14.1. The number of imide groups is 1. The average Bonchev–Trinajstić information content (AvgIpc) is 2.73. The van der Waals surface area contributed by atoms with Crippen LogP contribution >= 0.6 is 0 Å². The van der Waals surface area contributed by atoms with Gasteiger partial charge in [0, 0.05) is 0 Å². The lowest BCUT2D eigenvalue weighted by Gasteiger charge is -2.14. The largest absolute Gasteiger partial charge is 0.392 e. The third-order valence-corrected chi connectivity index (χ3v) is 3.39. The highest BCUT2D eigenvalue weighted by Crippen LogP contribution is 2.24. The highest BCUT2D eigenvalue weighted by molar-refractivity contribution is 6.21. The van der Waals surface area contributed by atoms with E-state index in [0.717, 1.165) is 11.1 Å². The molecule has 0 aliphatic carbocycles. The molecule has 2 aromatic rings. The Labute approximate surface area is 116 Å². The summed E-state index contributed by atoms with van der Waals surface area (Å²) in [6.45, 7) is 0.163. The standard InChI is InChI=1S/C16H13NO3/c18-10-12-5-3-4-11(8-12)9-17-15(19)13-6-1-2-7-14(13)16(17)20/h1-8,18H,9-10H2. The van der Waals surface area contributed by atoms with Crippen molar-refractivity contribution in [3.63, 3.8) is 0 Å². The average molecular weight is 267 g/mol. The summed E-state index contributed by atoms with van der Waals surface area (Å²) < 4.78 is 0. The molecule has 100 valence electrons. The Balaban J connectivity index is 1.89. The lowest BCUT2D eigenvalue weighted by molar-refractivity contribution is 0.0642. The fourth-order valence-corrected chi connectivity index (χ4v) is 2.39. The maximum absolute atomic E-state index is 12.2. The second-order valence-electron chi connectivity index (χ2n) is 4.72. The third-order valence-electron chi connectivity index (χ3n) is 3.39. The number of fused-ring (bicyclic) bond motifs is 1. The van der Waals surface area contributed by atoms with E-state index < -0.39 is 0 Å². The molecule has 0 bridgehead atoms. The van der Waals surface area contributed by atoms with E-state index in [0.29, 0.717) is 11.1 Å². The highest BCUT2D eigenvalue weighted by atomic mass is 16.3. The van der Waals surface area contributed by atoms with E-state index in [1.807, 2.05) is 6.07 Å². The molecule has 0 saturated carbocycles. The van der Waals surface area contributed by atoms with Crippen LogP contribution in [0.5, 0.6) is 0 Å². The van der Waals surface area contributed by atoms with Gasteiger partial charge in [-0.05, 0) is 23.3 Å². The molecule has 0 aromatic heterocycles. The maximum atomic E-state index is 12.2. The lowest BCUT2D eigenvalue weighted by atomic mass is 10.1. The Morgan fingerprint density at radius 2 is 1.45 bits per heavy atom.